The van der Waals surface area contributed by atoms with E-state index in [-0.39, 0.29) is 0 Å². The summed E-state index contributed by atoms with van der Waals surface area (Å²) in [6.45, 7) is 2.34. The van der Waals surface area contributed by atoms with Gasteiger partial charge in [-0.15, -0.1) is 0 Å². The van der Waals surface area contributed by atoms with Gasteiger partial charge < -0.3 is 10.6 Å². The Hall–Kier alpha value is -0.310. The maximum absolute atomic E-state index is 5.55. The van der Waals surface area contributed by atoms with E-state index in [1.165, 1.54) is 57.8 Å². The third-order valence-corrected chi connectivity index (χ3v) is 6.69. The Morgan fingerprint density at radius 2 is 1.65 bits per heavy atom. The number of nitrogens with one attached hydrogen (secondary N) is 2. The predicted octanol–water partition coefficient (Wildman–Crippen LogP) is 3.61. The monoisotopic (exact) mass is 292 g/mol. The van der Waals surface area contributed by atoms with Gasteiger partial charge in [-0.3, -0.25) is 0 Å². The van der Waals surface area contributed by atoms with Crippen molar-refractivity contribution in [2.45, 2.75) is 76.8 Å². The predicted molar refractivity (Wildman–Crippen MR) is 86.6 cm³/mol. The molecule has 0 radical (unpaired) electrons. The molecule has 5 aliphatic carbocycles. The van der Waals surface area contributed by atoms with Gasteiger partial charge in [-0.1, -0.05) is 6.92 Å². The Morgan fingerprint density at radius 3 is 2.10 bits per heavy atom. The van der Waals surface area contributed by atoms with E-state index in [0.717, 1.165) is 22.9 Å². The zero-order valence-corrected chi connectivity index (χ0v) is 13.5. The van der Waals surface area contributed by atoms with E-state index < -0.39 is 0 Å². The lowest BCUT2D eigenvalue weighted by atomic mass is 9.47. The molecule has 2 nitrogen and oxygen atoms in total. The molecule has 0 aromatic rings. The van der Waals surface area contributed by atoms with Gasteiger partial charge >= 0.3 is 0 Å². The van der Waals surface area contributed by atoms with Crippen LogP contribution in [0.3, 0.4) is 0 Å². The quantitative estimate of drug-likeness (QED) is 0.774. The second-order valence-electron chi connectivity index (χ2n) is 8.13. The van der Waals surface area contributed by atoms with Gasteiger partial charge in [-0.25, -0.2) is 0 Å². The Morgan fingerprint density at radius 1 is 1.10 bits per heavy atom. The van der Waals surface area contributed by atoms with Crippen molar-refractivity contribution in [2.24, 2.45) is 23.2 Å². The molecule has 0 heterocycles. The minimum absolute atomic E-state index is 0.568. The molecular formula is C17H28N2S. The fourth-order valence-electron chi connectivity index (χ4n) is 5.91. The van der Waals surface area contributed by atoms with Crippen LogP contribution in [0.4, 0.5) is 0 Å². The Labute approximate surface area is 128 Å². The maximum atomic E-state index is 5.55. The third kappa shape index (κ3) is 2.36. The van der Waals surface area contributed by atoms with Crippen molar-refractivity contribution in [3.8, 4) is 0 Å². The van der Waals surface area contributed by atoms with Crippen LogP contribution < -0.4 is 10.6 Å². The first-order valence-electron chi connectivity index (χ1n) is 8.74. The standard InChI is InChI=1S/C17H28N2S/c1-2-15(19-16(20)18-14-3-4-14)17-8-11-5-12(9-17)7-13(6-11)10-17/h11-15H,2-10H2,1H3,(H2,18,19,20). The summed E-state index contributed by atoms with van der Waals surface area (Å²) in [6.07, 6.45) is 12.8. The average Bonchev–Trinajstić information content (AvgIpc) is 3.18. The molecule has 5 rings (SSSR count). The molecule has 20 heavy (non-hydrogen) atoms. The summed E-state index contributed by atoms with van der Waals surface area (Å²) in [6, 6.07) is 1.28. The average molecular weight is 292 g/mol. The number of rotatable bonds is 4. The van der Waals surface area contributed by atoms with Crippen molar-refractivity contribution >= 4 is 17.3 Å². The molecule has 0 amide bonds. The Kier molecular flexibility index (Phi) is 3.25. The lowest BCUT2D eigenvalue weighted by molar-refractivity contribution is -0.0711. The minimum atomic E-state index is 0.568. The lowest BCUT2D eigenvalue weighted by Crippen LogP contribution is -2.58. The van der Waals surface area contributed by atoms with E-state index in [1.807, 2.05) is 0 Å². The van der Waals surface area contributed by atoms with Crippen LogP contribution in [0.15, 0.2) is 0 Å². The Bertz CT molecular complexity index is 367. The largest absolute Gasteiger partial charge is 0.360 e. The van der Waals surface area contributed by atoms with Crippen LogP contribution in [0, 0.1) is 23.2 Å². The molecule has 1 unspecified atom stereocenters. The lowest BCUT2D eigenvalue weighted by Gasteiger charge is -2.59. The second kappa shape index (κ2) is 4.86. The summed E-state index contributed by atoms with van der Waals surface area (Å²) in [5, 5.41) is 8.11. The van der Waals surface area contributed by atoms with Crippen molar-refractivity contribution in [3.63, 3.8) is 0 Å². The molecule has 5 aliphatic rings. The third-order valence-electron chi connectivity index (χ3n) is 6.45. The molecule has 0 aliphatic heterocycles. The molecule has 0 spiro atoms. The highest BCUT2D eigenvalue weighted by Crippen LogP contribution is 2.61. The van der Waals surface area contributed by atoms with Crippen LogP contribution >= 0.6 is 12.2 Å². The highest BCUT2D eigenvalue weighted by atomic mass is 32.1. The molecule has 4 bridgehead atoms. The van der Waals surface area contributed by atoms with Gasteiger partial charge in [0.05, 0.1) is 0 Å². The van der Waals surface area contributed by atoms with Crippen molar-refractivity contribution in [3.05, 3.63) is 0 Å². The van der Waals surface area contributed by atoms with Gasteiger partial charge in [0, 0.05) is 12.1 Å². The summed E-state index contributed by atoms with van der Waals surface area (Å²) in [7, 11) is 0. The van der Waals surface area contributed by atoms with Crippen LogP contribution in [0.5, 0.6) is 0 Å². The highest BCUT2D eigenvalue weighted by molar-refractivity contribution is 7.80. The van der Waals surface area contributed by atoms with Crippen molar-refractivity contribution in [2.75, 3.05) is 0 Å². The molecule has 2 N–H and O–H groups in total. The van der Waals surface area contributed by atoms with E-state index in [2.05, 4.69) is 17.6 Å². The first kappa shape index (κ1) is 13.4. The topological polar surface area (TPSA) is 24.1 Å². The van der Waals surface area contributed by atoms with Gasteiger partial charge in [-0.2, -0.15) is 0 Å². The SMILES string of the molecule is CCC(NC(=S)NC1CC1)C12CC3CC(CC(C3)C1)C2. The summed E-state index contributed by atoms with van der Waals surface area (Å²) >= 11 is 5.55. The van der Waals surface area contributed by atoms with Crippen LogP contribution in [0.25, 0.3) is 0 Å². The van der Waals surface area contributed by atoms with Crippen LogP contribution in [0.1, 0.15) is 64.7 Å². The molecule has 5 saturated carbocycles. The van der Waals surface area contributed by atoms with E-state index >= 15 is 0 Å². The van der Waals surface area contributed by atoms with E-state index in [4.69, 9.17) is 12.2 Å². The van der Waals surface area contributed by atoms with Gasteiger partial charge in [0.15, 0.2) is 5.11 Å². The molecule has 112 valence electrons. The van der Waals surface area contributed by atoms with Gasteiger partial charge in [0.25, 0.3) is 0 Å². The summed E-state index contributed by atoms with van der Waals surface area (Å²) in [5.41, 5.74) is 0.568. The normalized spacial score (nSPS) is 43.4. The van der Waals surface area contributed by atoms with E-state index in [0.29, 0.717) is 17.5 Å². The van der Waals surface area contributed by atoms with E-state index in [1.54, 1.807) is 0 Å². The Balaban J connectivity index is 1.47. The zero-order valence-electron chi connectivity index (χ0n) is 12.7. The highest BCUT2D eigenvalue weighted by Gasteiger charge is 2.53. The van der Waals surface area contributed by atoms with Gasteiger partial charge in [0.1, 0.15) is 0 Å². The smallest absolute Gasteiger partial charge is 0.166 e. The molecule has 3 heteroatoms. The molecule has 0 saturated heterocycles. The molecule has 1 atom stereocenters. The molecular weight excluding hydrogens is 264 g/mol. The van der Waals surface area contributed by atoms with E-state index in [9.17, 15) is 0 Å². The van der Waals surface area contributed by atoms with Gasteiger partial charge in [-0.05, 0) is 93.2 Å². The summed E-state index contributed by atoms with van der Waals surface area (Å²) < 4.78 is 0. The minimum Gasteiger partial charge on any atom is -0.360 e. The number of hydrogen-bond donors (Lipinski definition) is 2. The van der Waals surface area contributed by atoms with Crippen molar-refractivity contribution < 1.29 is 0 Å². The van der Waals surface area contributed by atoms with Crippen molar-refractivity contribution in [1.82, 2.24) is 10.6 Å². The molecule has 5 fully saturated rings. The fraction of sp³-hybridized carbons (Fsp3) is 0.941. The summed E-state index contributed by atoms with van der Waals surface area (Å²) in [5.74, 6) is 3.09. The van der Waals surface area contributed by atoms with Gasteiger partial charge in [0.2, 0.25) is 0 Å². The second-order valence-corrected chi connectivity index (χ2v) is 8.54. The fourth-order valence-corrected chi connectivity index (χ4v) is 6.21. The van der Waals surface area contributed by atoms with Crippen molar-refractivity contribution in [1.29, 1.82) is 0 Å². The van der Waals surface area contributed by atoms with Crippen LogP contribution in [-0.2, 0) is 0 Å². The number of hydrogen-bond acceptors (Lipinski definition) is 1. The first-order chi connectivity index (χ1) is 9.67. The summed E-state index contributed by atoms with van der Waals surface area (Å²) in [4.78, 5) is 0. The van der Waals surface area contributed by atoms with Crippen LogP contribution in [-0.4, -0.2) is 17.2 Å². The first-order valence-corrected chi connectivity index (χ1v) is 9.15. The van der Waals surface area contributed by atoms with Crippen LogP contribution in [0.2, 0.25) is 0 Å². The zero-order chi connectivity index (χ0) is 13.7. The number of thiocarbonyl (C=S) groups is 1. The molecule has 0 aromatic heterocycles. The molecule has 0 aromatic carbocycles. The maximum Gasteiger partial charge on any atom is 0.166 e.